The summed E-state index contributed by atoms with van der Waals surface area (Å²) in [6, 6.07) is 0.773. The quantitative estimate of drug-likeness (QED) is 0.937. The van der Waals surface area contributed by atoms with Gasteiger partial charge in [-0.05, 0) is 13.0 Å². The van der Waals surface area contributed by atoms with E-state index in [9.17, 15) is 18.0 Å². The predicted molar refractivity (Wildman–Crippen MR) is 74.0 cm³/mol. The van der Waals surface area contributed by atoms with Crippen LogP contribution in [0.4, 0.5) is 13.2 Å². The zero-order chi connectivity index (χ0) is 16.7. The lowest BCUT2D eigenvalue weighted by atomic mass is 10.2. The number of halogens is 4. The van der Waals surface area contributed by atoms with Crippen molar-refractivity contribution in [2.45, 2.75) is 13.1 Å². The number of alkyl halides is 3. The number of pyridine rings is 1. The van der Waals surface area contributed by atoms with E-state index in [1.165, 1.54) is 18.9 Å². The van der Waals surface area contributed by atoms with E-state index in [2.05, 4.69) is 4.98 Å². The predicted octanol–water partition coefficient (Wildman–Crippen LogP) is 2.38. The highest BCUT2D eigenvalue weighted by Gasteiger charge is 2.33. The lowest BCUT2D eigenvalue weighted by Gasteiger charge is -2.16. The van der Waals surface area contributed by atoms with Crippen molar-refractivity contribution in [1.82, 2.24) is 14.3 Å². The molecule has 0 bridgehead atoms. The summed E-state index contributed by atoms with van der Waals surface area (Å²) >= 11 is 5.85. The topological polar surface area (TPSA) is 57.8 Å². The number of aliphatic hydroxyl groups is 1. The van der Waals surface area contributed by atoms with Gasteiger partial charge in [-0.25, -0.2) is 4.98 Å². The van der Waals surface area contributed by atoms with E-state index in [1.54, 1.807) is 0 Å². The SMILES string of the molecule is Cc1nc2c(Cl)cc(C(F)(F)F)cn2c1C(=O)N(C)CCO. The number of aliphatic hydroxyl groups excluding tert-OH is 1. The van der Waals surface area contributed by atoms with E-state index in [4.69, 9.17) is 16.7 Å². The van der Waals surface area contributed by atoms with Gasteiger partial charge in [-0.2, -0.15) is 13.2 Å². The second-order valence-electron chi connectivity index (χ2n) is 4.76. The Morgan fingerprint density at radius 2 is 2.14 bits per heavy atom. The van der Waals surface area contributed by atoms with Crippen LogP contribution in [0, 0.1) is 6.92 Å². The molecular weight excluding hydrogens is 323 g/mol. The average molecular weight is 336 g/mol. The highest BCUT2D eigenvalue weighted by molar-refractivity contribution is 6.33. The van der Waals surface area contributed by atoms with Crippen LogP contribution >= 0.6 is 11.6 Å². The first kappa shape index (κ1) is 16.6. The van der Waals surface area contributed by atoms with Gasteiger partial charge in [-0.3, -0.25) is 9.20 Å². The summed E-state index contributed by atoms with van der Waals surface area (Å²) in [6.07, 6.45) is -3.80. The Bertz CT molecular complexity index is 727. The number of carbonyl (C=O) groups is 1. The van der Waals surface area contributed by atoms with Gasteiger partial charge < -0.3 is 10.0 Å². The summed E-state index contributed by atoms with van der Waals surface area (Å²) < 4.78 is 39.7. The largest absolute Gasteiger partial charge is 0.417 e. The van der Waals surface area contributed by atoms with Crippen molar-refractivity contribution < 1.29 is 23.1 Å². The highest BCUT2D eigenvalue weighted by atomic mass is 35.5. The normalized spacial score (nSPS) is 12.0. The molecule has 0 unspecified atom stereocenters. The number of likely N-dealkylation sites (N-methyl/N-ethyl adjacent to an activating group) is 1. The molecule has 2 aromatic rings. The van der Waals surface area contributed by atoms with Crippen molar-refractivity contribution in [3.05, 3.63) is 34.2 Å². The maximum Gasteiger partial charge on any atom is 0.417 e. The molecule has 0 aromatic carbocycles. The van der Waals surface area contributed by atoms with Crippen LogP contribution in [0.1, 0.15) is 21.7 Å². The monoisotopic (exact) mass is 335 g/mol. The minimum absolute atomic E-state index is 0.0149. The fourth-order valence-corrected chi connectivity index (χ4v) is 2.31. The number of aromatic nitrogens is 2. The van der Waals surface area contributed by atoms with Crippen molar-refractivity contribution in [2.24, 2.45) is 0 Å². The lowest BCUT2D eigenvalue weighted by molar-refractivity contribution is -0.137. The second-order valence-corrected chi connectivity index (χ2v) is 5.17. The maximum atomic E-state index is 12.9. The molecule has 2 heterocycles. The number of nitrogens with zero attached hydrogens (tertiary/aromatic N) is 3. The molecule has 2 rings (SSSR count). The van der Waals surface area contributed by atoms with Gasteiger partial charge in [0.1, 0.15) is 5.69 Å². The van der Waals surface area contributed by atoms with Crippen molar-refractivity contribution in [3.63, 3.8) is 0 Å². The zero-order valence-corrected chi connectivity index (χ0v) is 12.5. The first-order chi connectivity index (χ1) is 10.2. The Morgan fingerprint density at radius 3 is 2.68 bits per heavy atom. The van der Waals surface area contributed by atoms with Gasteiger partial charge in [0.05, 0.1) is 22.9 Å². The molecule has 0 saturated heterocycles. The van der Waals surface area contributed by atoms with Crippen molar-refractivity contribution in [3.8, 4) is 0 Å². The van der Waals surface area contributed by atoms with Gasteiger partial charge >= 0.3 is 6.18 Å². The van der Waals surface area contributed by atoms with Gasteiger partial charge in [0.2, 0.25) is 0 Å². The Morgan fingerprint density at radius 1 is 1.50 bits per heavy atom. The third kappa shape index (κ3) is 2.89. The Kier molecular flexibility index (Phi) is 4.35. The summed E-state index contributed by atoms with van der Waals surface area (Å²) in [6.45, 7) is 1.31. The molecule has 0 spiro atoms. The van der Waals surface area contributed by atoms with Crippen LogP contribution in [-0.2, 0) is 6.18 Å². The van der Waals surface area contributed by atoms with E-state index in [1.807, 2.05) is 0 Å². The third-order valence-corrected chi connectivity index (χ3v) is 3.44. The number of rotatable bonds is 3. The molecule has 0 atom stereocenters. The molecule has 0 fully saturated rings. The summed E-state index contributed by atoms with van der Waals surface area (Å²) in [7, 11) is 1.44. The number of imidazole rings is 1. The van der Waals surface area contributed by atoms with E-state index >= 15 is 0 Å². The lowest BCUT2D eigenvalue weighted by Crippen LogP contribution is -2.31. The number of hydrogen-bond donors (Lipinski definition) is 1. The summed E-state index contributed by atoms with van der Waals surface area (Å²) in [5, 5.41) is 8.68. The standard InChI is InChI=1S/C13H13ClF3N3O2/c1-7-10(12(22)19(2)3-4-21)20-6-8(13(15,16)17)5-9(14)11(20)18-7/h5-6,21H,3-4H2,1-2H3. The summed E-state index contributed by atoms with van der Waals surface area (Å²) in [4.78, 5) is 17.6. The Labute approximate surface area is 128 Å². The molecule has 120 valence electrons. The minimum Gasteiger partial charge on any atom is -0.395 e. The molecular formula is C13H13ClF3N3O2. The molecule has 0 radical (unpaired) electrons. The molecule has 5 nitrogen and oxygen atoms in total. The summed E-state index contributed by atoms with van der Waals surface area (Å²) in [5.74, 6) is -0.547. The number of hydrogen-bond acceptors (Lipinski definition) is 3. The van der Waals surface area contributed by atoms with E-state index in [-0.39, 0.29) is 35.2 Å². The van der Waals surface area contributed by atoms with Crippen LogP contribution in [0.15, 0.2) is 12.3 Å². The first-order valence-corrected chi connectivity index (χ1v) is 6.66. The molecule has 1 N–H and O–H groups in total. The van der Waals surface area contributed by atoms with Gasteiger partial charge in [0, 0.05) is 19.8 Å². The van der Waals surface area contributed by atoms with Crippen LogP contribution < -0.4 is 0 Å². The minimum atomic E-state index is -4.59. The van der Waals surface area contributed by atoms with Gasteiger partial charge in [0.25, 0.3) is 5.91 Å². The van der Waals surface area contributed by atoms with Gasteiger partial charge in [0.15, 0.2) is 5.65 Å². The highest BCUT2D eigenvalue weighted by Crippen LogP contribution is 2.33. The van der Waals surface area contributed by atoms with Gasteiger partial charge in [-0.1, -0.05) is 11.6 Å². The van der Waals surface area contributed by atoms with Crippen molar-refractivity contribution in [2.75, 3.05) is 20.2 Å². The zero-order valence-electron chi connectivity index (χ0n) is 11.8. The van der Waals surface area contributed by atoms with Crippen molar-refractivity contribution in [1.29, 1.82) is 0 Å². The molecule has 0 aliphatic rings. The molecule has 0 saturated carbocycles. The summed E-state index contributed by atoms with van der Waals surface area (Å²) in [5.41, 5.74) is -0.649. The Balaban J connectivity index is 2.66. The van der Waals surface area contributed by atoms with E-state index in [0.29, 0.717) is 0 Å². The Hall–Kier alpha value is -1.80. The molecule has 0 aliphatic carbocycles. The average Bonchev–Trinajstić information content (AvgIpc) is 2.74. The molecule has 22 heavy (non-hydrogen) atoms. The van der Waals surface area contributed by atoms with Gasteiger partial charge in [-0.15, -0.1) is 0 Å². The number of carbonyl (C=O) groups excluding carboxylic acids is 1. The number of aryl methyl sites for hydroxylation is 1. The smallest absolute Gasteiger partial charge is 0.395 e. The number of amides is 1. The molecule has 2 aromatic heterocycles. The van der Waals surface area contributed by atoms with Crippen LogP contribution in [0.3, 0.4) is 0 Å². The van der Waals surface area contributed by atoms with E-state index < -0.39 is 17.6 Å². The van der Waals surface area contributed by atoms with Crippen LogP contribution in [-0.4, -0.2) is 45.5 Å². The second kappa shape index (κ2) is 5.77. The molecule has 1 amide bonds. The molecule has 0 aliphatic heterocycles. The third-order valence-electron chi connectivity index (χ3n) is 3.16. The fraction of sp³-hybridized carbons (Fsp3) is 0.385. The number of fused-ring (bicyclic) bond motifs is 1. The van der Waals surface area contributed by atoms with Crippen LogP contribution in [0.2, 0.25) is 5.02 Å². The maximum absolute atomic E-state index is 12.9. The fourth-order valence-electron chi connectivity index (χ4n) is 2.06. The van der Waals surface area contributed by atoms with Crippen LogP contribution in [0.5, 0.6) is 0 Å². The van der Waals surface area contributed by atoms with Crippen LogP contribution in [0.25, 0.3) is 5.65 Å². The van der Waals surface area contributed by atoms with E-state index in [0.717, 1.165) is 16.7 Å². The molecule has 9 heteroatoms. The van der Waals surface area contributed by atoms with Crippen molar-refractivity contribution >= 4 is 23.2 Å². The first-order valence-electron chi connectivity index (χ1n) is 6.28.